The number of unbranched alkanes of at least 4 members (excludes halogenated alkanes) is 5. The van der Waals surface area contributed by atoms with Crippen molar-refractivity contribution in [2.24, 2.45) is 0 Å². The molecule has 142 valence electrons. The van der Waals surface area contributed by atoms with E-state index in [-0.39, 0.29) is 0 Å². The fourth-order valence-electron chi connectivity index (χ4n) is 3.49. The van der Waals surface area contributed by atoms with Crippen molar-refractivity contribution in [2.45, 2.75) is 82.4 Å². The van der Waals surface area contributed by atoms with Crippen LogP contribution in [0.25, 0.3) is 0 Å². The van der Waals surface area contributed by atoms with Crippen LogP contribution in [0.5, 0.6) is 0 Å². The Labute approximate surface area is 150 Å². The molecule has 0 radical (unpaired) electrons. The Morgan fingerprint density at radius 3 is 2.28 bits per heavy atom. The summed E-state index contributed by atoms with van der Waals surface area (Å²) in [5.74, 6) is 0. The molecule has 2 rings (SSSR count). The predicted molar refractivity (Wildman–Crippen MR) is 96.2 cm³/mol. The van der Waals surface area contributed by atoms with Crippen LogP contribution in [0.3, 0.4) is 0 Å². The van der Waals surface area contributed by atoms with Crippen LogP contribution < -0.4 is 0 Å². The van der Waals surface area contributed by atoms with Crippen molar-refractivity contribution in [3.63, 3.8) is 0 Å². The Kier molecular flexibility index (Phi) is 8.33. The third-order valence-corrected chi connectivity index (χ3v) is 5.05. The molecule has 0 saturated carbocycles. The second kappa shape index (κ2) is 10.2. The molecule has 1 heterocycles. The summed E-state index contributed by atoms with van der Waals surface area (Å²) >= 11 is 0. The highest BCUT2D eigenvalue weighted by molar-refractivity contribution is 5.31. The number of aliphatic hydroxyl groups excluding tert-OH is 4. The van der Waals surface area contributed by atoms with Crippen molar-refractivity contribution < 1.29 is 25.2 Å². The van der Waals surface area contributed by atoms with Gasteiger partial charge in [-0.05, 0) is 24.0 Å². The van der Waals surface area contributed by atoms with Crippen molar-refractivity contribution in [1.29, 1.82) is 0 Å². The van der Waals surface area contributed by atoms with Crippen LogP contribution in [0.15, 0.2) is 24.3 Å². The summed E-state index contributed by atoms with van der Waals surface area (Å²) in [6.07, 6.45) is 2.65. The van der Waals surface area contributed by atoms with E-state index in [2.05, 4.69) is 6.92 Å². The molecular formula is C20H32O5. The monoisotopic (exact) mass is 352 g/mol. The first-order chi connectivity index (χ1) is 12.1. The number of aliphatic hydroxyl groups is 4. The molecule has 1 aliphatic rings. The summed E-state index contributed by atoms with van der Waals surface area (Å²) in [5.41, 5.74) is 1.91. The molecule has 0 aliphatic carbocycles. The largest absolute Gasteiger partial charge is 0.394 e. The predicted octanol–water partition coefficient (Wildman–Crippen LogP) is 2.10. The summed E-state index contributed by atoms with van der Waals surface area (Å²) in [4.78, 5) is 0. The first-order valence-corrected chi connectivity index (χ1v) is 9.48. The van der Waals surface area contributed by atoms with Gasteiger partial charge in [0.05, 0.1) is 6.61 Å². The molecule has 0 amide bonds. The highest BCUT2D eigenvalue weighted by atomic mass is 16.5. The van der Waals surface area contributed by atoms with Gasteiger partial charge in [0.15, 0.2) is 0 Å². The van der Waals surface area contributed by atoms with E-state index in [1.165, 1.54) is 32.1 Å². The molecule has 4 N–H and O–H groups in total. The Hall–Kier alpha value is -0.980. The minimum absolute atomic E-state index is 0.402. The topological polar surface area (TPSA) is 90.2 Å². The number of rotatable bonds is 9. The van der Waals surface area contributed by atoms with Crippen molar-refractivity contribution in [3.05, 3.63) is 35.4 Å². The fraction of sp³-hybridized carbons (Fsp3) is 0.700. The lowest BCUT2D eigenvalue weighted by Crippen LogP contribution is -2.55. The molecule has 1 aromatic carbocycles. The minimum Gasteiger partial charge on any atom is -0.394 e. The Bertz CT molecular complexity index is 505. The van der Waals surface area contributed by atoms with Gasteiger partial charge >= 0.3 is 0 Å². The number of benzene rings is 1. The molecule has 0 unspecified atom stereocenters. The quantitative estimate of drug-likeness (QED) is 0.511. The molecular weight excluding hydrogens is 320 g/mol. The average molecular weight is 352 g/mol. The first kappa shape index (κ1) is 20.3. The van der Waals surface area contributed by atoms with Gasteiger partial charge in [-0.3, -0.25) is 0 Å². The summed E-state index contributed by atoms with van der Waals surface area (Å²) in [6, 6.07) is 7.74. The second-order valence-electron chi connectivity index (χ2n) is 6.97. The summed E-state index contributed by atoms with van der Waals surface area (Å²) in [6.45, 7) is 1.80. The lowest BCUT2D eigenvalue weighted by Gasteiger charge is -2.40. The van der Waals surface area contributed by atoms with Crippen molar-refractivity contribution in [2.75, 3.05) is 6.61 Å². The number of ether oxygens (including phenoxy) is 1. The molecule has 25 heavy (non-hydrogen) atoms. The van der Waals surface area contributed by atoms with Gasteiger partial charge in [-0.25, -0.2) is 0 Å². The van der Waals surface area contributed by atoms with Crippen LogP contribution in [0.4, 0.5) is 0 Å². The van der Waals surface area contributed by atoms with Gasteiger partial charge in [0.1, 0.15) is 30.5 Å². The van der Waals surface area contributed by atoms with E-state index >= 15 is 0 Å². The fourth-order valence-corrected chi connectivity index (χ4v) is 3.49. The van der Waals surface area contributed by atoms with Crippen LogP contribution in [0.1, 0.15) is 62.7 Å². The molecule has 5 nitrogen and oxygen atoms in total. The van der Waals surface area contributed by atoms with E-state index in [4.69, 9.17) is 4.74 Å². The second-order valence-corrected chi connectivity index (χ2v) is 6.97. The van der Waals surface area contributed by atoms with Gasteiger partial charge in [-0.1, -0.05) is 63.3 Å². The van der Waals surface area contributed by atoms with Gasteiger partial charge in [-0.2, -0.15) is 0 Å². The molecule has 1 fully saturated rings. The molecule has 0 aromatic heterocycles. The van der Waals surface area contributed by atoms with Gasteiger partial charge in [-0.15, -0.1) is 0 Å². The highest BCUT2D eigenvalue weighted by Gasteiger charge is 2.44. The van der Waals surface area contributed by atoms with Crippen molar-refractivity contribution in [3.8, 4) is 0 Å². The molecule has 1 aromatic rings. The van der Waals surface area contributed by atoms with Crippen LogP contribution in [-0.4, -0.2) is 51.4 Å². The zero-order chi connectivity index (χ0) is 18.2. The smallest absolute Gasteiger partial charge is 0.113 e. The summed E-state index contributed by atoms with van der Waals surface area (Å²) in [7, 11) is 0. The number of aryl methyl sites for hydroxylation is 1. The lowest BCUT2D eigenvalue weighted by atomic mass is 9.88. The maximum atomic E-state index is 10.4. The normalized spacial score (nSPS) is 29.7. The number of hydrogen-bond donors (Lipinski definition) is 4. The first-order valence-electron chi connectivity index (χ1n) is 9.48. The molecule has 1 aliphatic heterocycles. The van der Waals surface area contributed by atoms with Gasteiger partial charge in [0.2, 0.25) is 0 Å². The zero-order valence-corrected chi connectivity index (χ0v) is 15.1. The summed E-state index contributed by atoms with van der Waals surface area (Å²) < 4.78 is 5.71. The Balaban J connectivity index is 2.03. The zero-order valence-electron chi connectivity index (χ0n) is 15.1. The van der Waals surface area contributed by atoms with Crippen molar-refractivity contribution in [1.82, 2.24) is 0 Å². The van der Waals surface area contributed by atoms with E-state index < -0.39 is 37.1 Å². The number of hydrogen-bond acceptors (Lipinski definition) is 5. The molecule has 5 atom stereocenters. The maximum Gasteiger partial charge on any atom is 0.113 e. The highest BCUT2D eigenvalue weighted by Crippen LogP contribution is 2.34. The van der Waals surface area contributed by atoms with Gasteiger partial charge in [0, 0.05) is 0 Å². The maximum absolute atomic E-state index is 10.4. The standard InChI is InChI=1S/C20H32O5/c1-2-3-4-5-6-7-10-14-11-8-9-12-15(14)20-19(24)18(23)17(22)16(13-21)25-20/h8-9,11-12,16-24H,2-7,10,13H2,1H3/t16-,17+,18+,19-,20-/m1/s1. The average Bonchev–Trinajstić information content (AvgIpc) is 2.63. The van der Waals surface area contributed by atoms with Gasteiger partial charge in [0.25, 0.3) is 0 Å². The van der Waals surface area contributed by atoms with Crippen LogP contribution in [-0.2, 0) is 11.2 Å². The lowest BCUT2D eigenvalue weighted by molar-refractivity contribution is -0.231. The SMILES string of the molecule is CCCCCCCCc1ccccc1[C@H]1O[C@H](CO)[C@H](O)[C@H](O)[C@H]1O. The Morgan fingerprint density at radius 2 is 1.56 bits per heavy atom. The molecule has 5 heteroatoms. The Morgan fingerprint density at radius 1 is 0.880 bits per heavy atom. The van der Waals surface area contributed by atoms with E-state index in [1.54, 1.807) is 0 Å². The van der Waals surface area contributed by atoms with Gasteiger partial charge < -0.3 is 25.2 Å². The third-order valence-electron chi connectivity index (χ3n) is 5.05. The van der Waals surface area contributed by atoms with E-state index in [0.717, 1.165) is 24.0 Å². The molecule has 0 spiro atoms. The van der Waals surface area contributed by atoms with Crippen LogP contribution in [0, 0.1) is 0 Å². The van der Waals surface area contributed by atoms with E-state index in [1.807, 2.05) is 24.3 Å². The molecule has 0 bridgehead atoms. The van der Waals surface area contributed by atoms with E-state index in [9.17, 15) is 20.4 Å². The van der Waals surface area contributed by atoms with Crippen LogP contribution in [0.2, 0.25) is 0 Å². The van der Waals surface area contributed by atoms with E-state index in [0.29, 0.717) is 0 Å². The minimum atomic E-state index is -1.34. The summed E-state index contributed by atoms with van der Waals surface area (Å²) in [5, 5.41) is 39.7. The third kappa shape index (κ3) is 5.25. The molecule has 1 saturated heterocycles. The van der Waals surface area contributed by atoms with Crippen LogP contribution >= 0.6 is 0 Å². The van der Waals surface area contributed by atoms with Crippen molar-refractivity contribution >= 4 is 0 Å².